The van der Waals surface area contributed by atoms with Crippen molar-refractivity contribution in [2.45, 2.75) is 128 Å². The first-order valence-electron chi connectivity index (χ1n) is 25.5. The Morgan fingerprint density at radius 3 is 1.20 bits per heavy atom. The largest absolute Gasteiger partial charge is 0.345 e. The highest BCUT2D eigenvalue weighted by Gasteiger charge is 2.36. The molecular formula is C56H70Cl2F2N6O4S4. The van der Waals surface area contributed by atoms with Crippen LogP contribution >= 0.6 is 45.9 Å². The number of anilines is 2. The standard InChI is InChI=1S/2C28H35ClFN3O2S2/c1-17(2)20-13-24(18(3)4)27(25(14-20)19(5)6)37(34,35)33-9-7-32(8-10-33)28-31-26(16-36-28)21-11-22(29)15-23(30)12-21;1-17(2)21-13-22(18(3)4)27(23(14-21)19(5)6)37(34,35)33-11-9-32(10-12-33)28-31-26(16-36-28)20-7-8-24(29)25(30)15-20/h11-19H,7-10H2,1-6H3;7-8,13-19H,9-12H2,1-6H3. The second-order valence-electron chi connectivity index (χ2n) is 21.1. The lowest BCUT2D eigenvalue weighted by Crippen LogP contribution is -2.49. The van der Waals surface area contributed by atoms with E-state index >= 15 is 0 Å². The van der Waals surface area contributed by atoms with Crippen LogP contribution in [-0.2, 0) is 20.0 Å². The van der Waals surface area contributed by atoms with Gasteiger partial charge in [0.25, 0.3) is 0 Å². The highest BCUT2D eigenvalue weighted by Crippen LogP contribution is 2.40. The van der Waals surface area contributed by atoms with Crippen LogP contribution in [0.1, 0.15) is 152 Å². The Morgan fingerprint density at radius 2 is 0.865 bits per heavy atom. The number of sulfonamides is 2. The number of halogens is 4. The van der Waals surface area contributed by atoms with E-state index in [0.717, 1.165) is 32.5 Å². The first-order chi connectivity index (χ1) is 34.8. The molecule has 0 amide bonds. The minimum atomic E-state index is -3.68. The minimum absolute atomic E-state index is 0.0802. The van der Waals surface area contributed by atoms with Crippen LogP contribution in [0.25, 0.3) is 22.5 Å². The van der Waals surface area contributed by atoms with Crippen molar-refractivity contribution < 1.29 is 25.6 Å². The summed E-state index contributed by atoms with van der Waals surface area (Å²) in [6.07, 6.45) is 0. The molecule has 2 fully saturated rings. The summed E-state index contributed by atoms with van der Waals surface area (Å²) in [7, 11) is -7.35. The van der Waals surface area contributed by atoms with Gasteiger partial charge in [0.2, 0.25) is 20.0 Å². The van der Waals surface area contributed by atoms with Crippen molar-refractivity contribution in [3.63, 3.8) is 0 Å². The topological polar surface area (TPSA) is 107 Å². The van der Waals surface area contributed by atoms with Gasteiger partial charge in [-0.05, 0) is 99.2 Å². The Bertz CT molecular complexity index is 3100. The third-order valence-electron chi connectivity index (χ3n) is 13.7. The second kappa shape index (κ2) is 23.7. The van der Waals surface area contributed by atoms with Crippen molar-refractivity contribution in [3.05, 3.63) is 126 Å². The number of nitrogens with zero attached hydrogens (tertiary/aromatic N) is 6. The number of rotatable bonds is 14. The van der Waals surface area contributed by atoms with Gasteiger partial charge in [-0.2, -0.15) is 8.61 Å². The Morgan fingerprint density at radius 1 is 0.486 bits per heavy atom. The summed E-state index contributed by atoms with van der Waals surface area (Å²) in [6, 6.07) is 17.4. The van der Waals surface area contributed by atoms with Crippen molar-refractivity contribution in [2.75, 3.05) is 62.2 Å². The molecule has 0 aliphatic carbocycles. The van der Waals surface area contributed by atoms with Crippen LogP contribution in [0.15, 0.2) is 81.2 Å². The van der Waals surface area contributed by atoms with E-state index in [1.165, 1.54) is 58.1 Å². The maximum atomic E-state index is 14.1. The molecule has 2 aliphatic heterocycles. The van der Waals surface area contributed by atoms with Crippen LogP contribution in [0.2, 0.25) is 10.0 Å². The van der Waals surface area contributed by atoms with Gasteiger partial charge in [-0.25, -0.2) is 35.6 Å². The molecule has 4 aromatic carbocycles. The number of thiazole rings is 2. The molecule has 10 nitrogen and oxygen atoms in total. The van der Waals surface area contributed by atoms with Gasteiger partial charge < -0.3 is 9.80 Å². The van der Waals surface area contributed by atoms with Crippen molar-refractivity contribution in [2.24, 2.45) is 0 Å². The highest BCUT2D eigenvalue weighted by molar-refractivity contribution is 7.89. The van der Waals surface area contributed by atoms with E-state index in [1.807, 2.05) is 10.8 Å². The lowest BCUT2D eigenvalue weighted by Gasteiger charge is -2.35. The third kappa shape index (κ3) is 12.7. The van der Waals surface area contributed by atoms with Crippen LogP contribution in [0.5, 0.6) is 0 Å². The Balaban J connectivity index is 0.000000216. The molecule has 0 N–H and O–H groups in total. The van der Waals surface area contributed by atoms with E-state index < -0.39 is 31.7 Å². The van der Waals surface area contributed by atoms with Gasteiger partial charge in [0.15, 0.2) is 10.3 Å². The summed E-state index contributed by atoms with van der Waals surface area (Å²) in [5.41, 5.74) is 8.58. The zero-order valence-electron chi connectivity index (χ0n) is 44.5. The van der Waals surface area contributed by atoms with Gasteiger partial charge >= 0.3 is 0 Å². The number of hydrogen-bond acceptors (Lipinski definition) is 10. The van der Waals surface area contributed by atoms with Crippen LogP contribution < -0.4 is 9.80 Å². The summed E-state index contributed by atoms with van der Waals surface area (Å²) in [4.78, 5) is 14.5. The van der Waals surface area contributed by atoms with Crippen molar-refractivity contribution in [3.8, 4) is 22.5 Å². The summed E-state index contributed by atoms with van der Waals surface area (Å²) >= 11 is 14.8. The lowest BCUT2D eigenvalue weighted by molar-refractivity contribution is 0.383. The number of benzene rings is 4. The average Bonchev–Trinajstić information content (AvgIpc) is 4.06. The normalized spacial score (nSPS) is 15.4. The summed E-state index contributed by atoms with van der Waals surface area (Å²) in [6.45, 7) is 28.7. The summed E-state index contributed by atoms with van der Waals surface area (Å²) in [5, 5.41) is 5.77. The van der Waals surface area contributed by atoms with Crippen LogP contribution in [0, 0.1) is 11.6 Å². The van der Waals surface area contributed by atoms with Crippen molar-refractivity contribution in [1.29, 1.82) is 0 Å². The zero-order chi connectivity index (χ0) is 54.1. The smallest absolute Gasteiger partial charge is 0.243 e. The Kier molecular flexibility index (Phi) is 18.5. The molecule has 0 radical (unpaired) electrons. The first kappa shape index (κ1) is 57.7. The van der Waals surface area contributed by atoms with Crippen molar-refractivity contribution in [1.82, 2.24) is 18.6 Å². The molecule has 18 heteroatoms. The van der Waals surface area contributed by atoms with E-state index in [9.17, 15) is 25.6 Å². The molecule has 0 bridgehead atoms. The predicted molar refractivity (Wildman–Crippen MR) is 304 cm³/mol. The summed E-state index contributed by atoms with van der Waals surface area (Å²) in [5.74, 6) is 0.126. The van der Waals surface area contributed by atoms with E-state index in [2.05, 4.69) is 127 Å². The molecule has 4 heterocycles. The van der Waals surface area contributed by atoms with Gasteiger partial charge in [-0.3, -0.25) is 0 Å². The molecule has 0 unspecified atom stereocenters. The maximum absolute atomic E-state index is 14.1. The molecule has 8 rings (SSSR count). The quantitative estimate of drug-likeness (QED) is 0.106. The fourth-order valence-corrected chi connectivity index (χ4v) is 15.6. The van der Waals surface area contributed by atoms with E-state index in [1.54, 1.807) is 20.7 Å². The molecule has 2 aliphatic rings. The van der Waals surface area contributed by atoms with Gasteiger partial charge in [0.1, 0.15) is 11.6 Å². The van der Waals surface area contributed by atoms with E-state index in [4.69, 9.17) is 23.2 Å². The molecule has 0 spiro atoms. The number of piperazine rings is 2. The zero-order valence-corrected chi connectivity index (χ0v) is 49.3. The van der Waals surface area contributed by atoms with Gasteiger partial charge in [0, 0.05) is 79.3 Å². The van der Waals surface area contributed by atoms with Crippen LogP contribution in [0.4, 0.5) is 19.0 Å². The second-order valence-corrected chi connectivity index (χ2v) is 27.4. The lowest BCUT2D eigenvalue weighted by atomic mass is 9.89. The third-order valence-corrected chi connectivity index (χ3v) is 20.1. The van der Waals surface area contributed by atoms with Gasteiger partial charge in [-0.15, -0.1) is 22.7 Å². The van der Waals surface area contributed by atoms with Crippen LogP contribution in [0.3, 0.4) is 0 Å². The fraction of sp³-hybridized carbons (Fsp3) is 0.464. The van der Waals surface area contributed by atoms with Crippen LogP contribution in [-0.4, -0.2) is 87.8 Å². The monoisotopic (exact) mass is 1130 g/mol. The highest BCUT2D eigenvalue weighted by atomic mass is 35.5. The Labute approximate surface area is 456 Å². The molecule has 0 saturated carbocycles. The molecule has 2 aromatic heterocycles. The molecular weight excluding hydrogens is 1060 g/mol. The van der Waals surface area contributed by atoms with Gasteiger partial charge in [0.05, 0.1) is 26.2 Å². The number of hydrogen-bond donors (Lipinski definition) is 0. The molecule has 2 saturated heterocycles. The maximum Gasteiger partial charge on any atom is 0.243 e. The Hall–Kier alpha value is -4.00. The number of aromatic nitrogens is 2. The summed E-state index contributed by atoms with van der Waals surface area (Å²) < 4.78 is 87.2. The fourth-order valence-electron chi connectivity index (χ4n) is 9.31. The van der Waals surface area contributed by atoms with Gasteiger partial charge in [-0.1, -0.05) is 137 Å². The molecule has 74 heavy (non-hydrogen) atoms. The molecule has 6 aromatic rings. The predicted octanol–water partition coefficient (Wildman–Crippen LogP) is 15.0. The first-order valence-corrected chi connectivity index (χ1v) is 30.9. The molecule has 400 valence electrons. The SMILES string of the molecule is CC(C)c1cc(C(C)C)c(S(=O)(=O)N2CCN(c3nc(-c4cc(F)cc(Cl)c4)cs3)CC2)c(C(C)C)c1.CC(C)c1cc(C(C)C)c(S(=O)(=O)N2CCN(c3nc(-c4ccc(Cl)c(F)c4)cs3)CC2)c(C(C)C)c1. The van der Waals surface area contributed by atoms with Crippen molar-refractivity contribution >= 4 is 76.2 Å². The van der Waals surface area contributed by atoms with E-state index in [-0.39, 0.29) is 28.7 Å². The minimum Gasteiger partial charge on any atom is -0.345 e. The average molecular weight is 1130 g/mol. The van der Waals surface area contributed by atoms with E-state index in [0.29, 0.717) is 102 Å². The molecule has 0 atom stereocenters.